The van der Waals surface area contributed by atoms with Crippen LogP contribution in [-0.4, -0.2) is 35.3 Å². The third kappa shape index (κ3) is 3.55. The van der Waals surface area contributed by atoms with E-state index < -0.39 is 5.78 Å². The van der Waals surface area contributed by atoms with Crippen molar-refractivity contribution in [2.45, 2.75) is 0 Å². The van der Waals surface area contributed by atoms with Crippen molar-refractivity contribution in [2.24, 2.45) is 0 Å². The van der Waals surface area contributed by atoms with Crippen molar-refractivity contribution in [1.82, 2.24) is 0 Å². The van der Waals surface area contributed by atoms with Crippen LogP contribution in [0.5, 0.6) is 28.7 Å². The van der Waals surface area contributed by atoms with Gasteiger partial charge in [0, 0.05) is 6.07 Å². The smallest absolute Gasteiger partial charge is 0.202 e. The number of ketones is 1. The van der Waals surface area contributed by atoms with Crippen LogP contribution in [-0.2, 0) is 0 Å². The number of hydrogen-bond donors (Lipinski definition) is 3. The minimum atomic E-state index is -0.431. The molecule has 0 saturated carbocycles. The summed E-state index contributed by atoms with van der Waals surface area (Å²) in [5.74, 6) is -0.715. The molecule has 0 heterocycles. The molecule has 0 spiro atoms. The van der Waals surface area contributed by atoms with E-state index in [-0.39, 0.29) is 28.6 Å². The van der Waals surface area contributed by atoms with Crippen LogP contribution in [0.2, 0.25) is 0 Å². The lowest BCUT2D eigenvalue weighted by molar-refractivity contribution is 0.104. The van der Waals surface area contributed by atoms with Crippen LogP contribution in [0.15, 0.2) is 36.4 Å². The monoisotopic (exact) mass is 316 g/mol. The fraction of sp³-hybridized carbons (Fsp3) is 0.118. The first-order valence-electron chi connectivity index (χ1n) is 6.65. The summed E-state index contributed by atoms with van der Waals surface area (Å²) in [4.78, 5) is 12.1. The molecular formula is C17H16O6. The molecule has 0 amide bonds. The Morgan fingerprint density at radius 1 is 0.957 bits per heavy atom. The van der Waals surface area contributed by atoms with Gasteiger partial charge in [-0.2, -0.15) is 0 Å². The molecule has 120 valence electrons. The maximum Gasteiger partial charge on any atom is 0.202 e. The minimum absolute atomic E-state index is 0.0405. The van der Waals surface area contributed by atoms with E-state index in [2.05, 4.69) is 0 Å². The van der Waals surface area contributed by atoms with Crippen LogP contribution < -0.4 is 9.47 Å². The van der Waals surface area contributed by atoms with Gasteiger partial charge >= 0.3 is 0 Å². The van der Waals surface area contributed by atoms with Crippen LogP contribution in [0.25, 0.3) is 6.08 Å². The number of carbonyl (C=O) groups is 1. The summed E-state index contributed by atoms with van der Waals surface area (Å²) >= 11 is 0. The van der Waals surface area contributed by atoms with E-state index in [1.165, 1.54) is 50.6 Å². The van der Waals surface area contributed by atoms with Gasteiger partial charge in [-0.05, 0) is 35.9 Å². The van der Waals surface area contributed by atoms with Crippen LogP contribution >= 0.6 is 0 Å². The second-order valence-corrected chi connectivity index (χ2v) is 4.67. The fourth-order valence-electron chi connectivity index (χ4n) is 2.03. The number of hydrogen-bond acceptors (Lipinski definition) is 6. The summed E-state index contributed by atoms with van der Waals surface area (Å²) in [6.45, 7) is 0. The Bertz CT molecular complexity index is 741. The Labute approximate surface area is 132 Å². The van der Waals surface area contributed by atoms with Crippen molar-refractivity contribution in [3.05, 3.63) is 47.5 Å². The van der Waals surface area contributed by atoms with Gasteiger partial charge in [0.25, 0.3) is 0 Å². The average molecular weight is 316 g/mol. The highest BCUT2D eigenvalue weighted by molar-refractivity contribution is 6.08. The lowest BCUT2D eigenvalue weighted by atomic mass is 10.1. The van der Waals surface area contributed by atoms with Crippen molar-refractivity contribution < 1.29 is 29.6 Å². The number of phenolic OH excluding ortho intramolecular Hbond substituents is 3. The number of carbonyl (C=O) groups excluding carboxylic acids is 1. The van der Waals surface area contributed by atoms with Crippen molar-refractivity contribution in [2.75, 3.05) is 14.2 Å². The molecule has 0 aromatic heterocycles. The zero-order chi connectivity index (χ0) is 17.0. The summed E-state index contributed by atoms with van der Waals surface area (Å²) < 4.78 is 9.78. The zero-order valence-electron chi connectivity index (χ0n) is 12.6. The largest absolute Gasteiger partial charge is 0.507 e. The highest BCUT2D eigenvalue weighted by Crippen LogP contribution is 2.36. The first-order chi connectivity index (χ1) is 11.0. The molecule has 2 rings (SSSR count). The zero-order valence-corrected chi connectivity index (χ0v) is 12.6. The first kappa shape index (κ1) is 16.2. The van der Waals surface area contributed by atoms with Gasteiger partial charge in [-0.3, -0.25) is 4.79 Å². The number of aromatic hydroxyl groups is 3. The molecule has 0 atom stereocenters. The van der Waals surface area contributed by atoms with E-state index in [0.29, 0.717) is 11.3 Å². The van der Waals surface area contributed by atoms with E-state index in [4.69, 9.17) is 9.47 Å². The number of phenols is 3. The van der Waals surface area contributed by atoms with Gasteiger partial charge in [-0.25, -0.2) is 0 Å². The molecule has 2 aromatic rings. The summed E-state index contributed by atoms with van der Waals surface area (Å²) in [6, 6.07) is 7.04. The second kappa shape index (κ2) is 6.74. The topological polar surface area (TPSA) is 96.2 Å². The Kier molecular flexibility index (Phi) is 4.75. The van der Waals surface area contributed by atoms with Gasteiger partial charge in [0.15, 0.2) is 17.3 Å². The molecule has 0 unspecified atom stereocenters. The Morgan fingerprint density at radius 2 is 1.61 bits per heavy atom. The standard InChI is InChI=1S/C17H16O6/c1-22-11-4-5-12(14(19)9-11)13(18)6-3-10-7-15(20)17(23-2)16(21)8-10/h3-9,19-21H,1-2H3. The molecule has 0 aliphatic carbocycles. The average Bonchev–Trinajstić information content (AvgIpc) is 2.52. The molecule has 6 nitrogen and oxygen atoms in total. The molecule has 0 saturated heterocycles. The van der Waals surface area contributed by atoms with E-state index in [1.54, 1.807) is 6.07 Å². The Morgan fingerprint density at radius 3 is 2.13 bits per heavy atom. The molecule has 2 aromatic carbocycles. The van der Waals surface area contributed by atoms with Crippen molar-refractivity contribution in [3.8, 4) is 28.7 Å². The number of allylic oxidation sites excluding steroid dienone is 1. The Balaban J connectivity index is 2.25. The van der Waals surface area contributed by atoms with Gasteiger partial charge in [-0.15, -0.1) is 0 Å². The maximum absolute atomic E-state index is 12.1. The van der Waals surface area contributed by atoms with Gasteiger partial charge in [0.1, 0.15) is 11.5 Å². The molecule has 0 radical (unpaired) electrons. The molecule has 3 N–H and O–H groups in total. The highest BCUT2D eigenvalue weighted by atomic mass is 16.5. The molecule has 6 heteroatoms. The van der Waals surface area contributed by atoms with Gasteiger partial charge in [0.05, 0.1) is 19.8 Å². The molecule has 0 bridgehead atoms. The van der Waals surface area contributed by atoms with Crippen LogP contribution in [0, 0.1) is 0 Å². The molecular weight excluding hydrogens is 300 g/mol. The number of methoxy groups -OCH3 is 2. The minimum Gasteiger partial charge on any atom is -0.507 e. The Hall–Kier alpha value is -3.15. The van der Waals surface area contributed by atoms with E-state index in [1.807, 2.05) is 0 Å². The molecule has 23 heavy (non-hydrogen) atoms. The summed E-state index contributed by atoms with van der Waals surface area (Å²) in [7, 11) is 2.78. The molecule has 0 aliphatic rings. The summed E-state index contributed by atoms with van der Waals surface area (Å²) in [6.07, 6.45) is 2.63. The SMILES string of the molecule is COc1ccc(C(=O)C=Cc2cc(O)c(OC)c(O)c2)c(O)c1. The van der Waals surface area contributed by atoms with Crippen molar-refractivity contribution in [3.63, 3.8) is 0 Å². The van der Waals surface area contributed by atoms with Crippen LogP contribution in [0.4, 0.5) is 0 Å². The highest BCUT2D eigenvalue weighted by Gasteiger charge is 2.11. The van der Waals surface area contributed by atoms with Gasteiger partial charge in [0.2, 0.25) is 5.75 Å². The van der Waals surface area contributed by atoms with Crippen LogP contribution in [0.3, 0.4) is 0 Å². The molecule has 0 aliphatic heterocycles. The fourth-order valence-corrected chi connectivity index (χ4v) is 2.03. The van der Waals surface area contributed by atoms with E-state index in [9.17, 15) is 20.1 Å². The predicted octanol–water partition coefficient (Wildman–Crippen LogP) is 2.72. The summed E-state index contributed by atoms with van der Waals surface area (Å²) in [5, 5.41) is 29.2. The lowest BCUT2D eigenvalue weighted by Crippen LogP contribution is -1.95. The number of rotatable bonds is 5. The van der Waals surface area contributed by atoms with Gasteiger partial charge < -0.3 is 24.8 Å². The third-order valence-corrected chi connectivity index (χ3v) is 3.17. The number of ether oxygens (including phenoxy) is 2. The van der Waals surface area contributed by atoms with E-state index in [0.717, 1.165) is 0 Å². The van der Waals surface area contributed by atoms with E-state index >= 15 is 0 Å². The molecule has 0 fully saturated rings. The maximum atomic E-state index is 12.1. The second-order valence-electron chi connectivity index (χ2n) is 4.67. The first-order valence-corrected chi connectivity index (χ1v) is 6.65. The van der Waals surface area contributed by atoms with Gasteiger partial charge in [-0.1, -0.05) is 6.08 Å². The lowest BCUT2D eigenvalue weighted by Gasteiger charge is -2.07. The van der Waals surface area contributed by atoms with Crippen molar-refractivity contribution >= 4 is 11.9 Å². The quantitative estimate of drug-likeness (QED) is 0.580. The third-order valence-electron chi connectivity index (χ3n) is 3.17. The summed E-state index contributed by atoms with van der Waals surface area (Å²) in [5.41, 5.74) is 0.520. The number of benzene rings is 2. The normalized spacial score (nSPS) is 10.7. The van der Waals surface area contributed by atoms with Crippen LogP contribution in [0.1, 0.15) is 15.9 Å². The van der Waals surface area contributed by atoms with Crippen molar-refractivity contribution in [1.29, 1.82) is 0 Å². The predicted molar refractivity (Wildman–Crippen MR) is 84.3 cm³/mol.